The lowest BCUT2D eigenvalue weighted by atomic mass is 9.83. The van der Waals surface area contributed by atoms with E-state index in [1.807, 2.05) is 4.90 Å². The number of hydrogen-bond donors (Lipinski definition) is 2. The molecule has 4 saturated heterocycles. The first-order valence-electron chi connectivity index (χ1n) is 15.7. The predicted octanol–water partition coefficient (Wildman–Crippen LogP) is 6.37. The molecule has 0 radical (unpaired) electrons. The van der Waals surface area contributed by atoms with E-state index in [4.69, 9.17) is 15.5 Å². The molecule has 0 spiro atoms. The molecule has 8 nitrogen and oxygen atoms in total. The van der Waals surface area contributed by atoms with Gasteiger partial charge in [-0.05, 0) is 62.3 Å². The van der Waals surface area contributed by atoms with E-state index in [-0.39, 0.29) is 66.7 Å². The molecule has 0 saturated carbocycles. The fourth-order valence-electron chi connectivity index (χ4n) is 8.47. The number of benzene rings is 2. The van der Waals surface area contributed by atoms with Crippen LogP contribution in [0.5, 0.6) is 6.01 Å². The molecule has 4 aliphatic heterocycles. The molecule has 2 aromatic heterocycles. The van der Waals surface area contributed by atoms with Crippen molar-refractivity contribution in [1.29, 1.82) is 0 Å². The second-order valence-corrected chi connectivity index (χ2v) is 15.1. The Balaban J connectivity index is 1.31. The lowest BCUT2D eigenvalue weighted by Gasteiger charge is -2.35. The lowest BCUT2D eigenvalue weighted by molar-refractivity contribution is -0.137. The summed E-state index contributed by atoms with van der Waals surface area (Å²) in [4.78, 5) is 17.6. The van der Waals surface area contributed by atoms with Gasteiger partial charge in [0.2, 0.25) is 0 Å². The Morgan fingerprint density at radius 1 is 1.09 bits per heavy atom. The second-order valence-electron chi connectivity index (χ2n) is 14.1. The van der Waals surface area contributed by atoms with Crippen LogP contribution in [0.25, 0.3) is 32.2 Å². The van der Waals surface area contributed by atoms with Crippen LogP contribution >= 0.6 is 11.3 Å². The minimum absolute atomic E-state index is 0.0415. The van der Waals surface area contributed by atoms with Crippen molar-refractivity contribution in [1.82, 2.24) is 25.2 Å². The number of thiazole rings is 1. The molecule has 8 rings (SSSR count). The van der Waals surface area contributed by atoms with Gasteiger partial charge in [-0.2, -0.15) is 23.1 Å². The normalized spacial score (nSPS) is 26.0. The van der Waals surface area contributed by atoms with Crippen molar-refractivity contribution in [2.75, 3.05) is 43.4 Å². The molecule has 46 heavy (non-hydrogen) atoms. The van der Waals surface area contributed by atoms with Gasteiger partial charge in [0.25, 0.3) is 0 Å². The molecular weight excluding hydrogens is 625 g/mol. The van der Waals surface area contributed by atoms with Gasteiger partial charge < -0.3 is 20.7 Å². The summed E-state index contributed by atoms with van der Waals surface area (Å²) in [7, 11) is 0. The van der Waals surface area contributed by atoms with Gasteiger partial charge in [0.05, 0.1) is 21.3 Å². The lowest BCUT2D eigenvalue weighted by Crippen LogP contribution is -2.51. The maximum Gasteiger partial charge on any atom is 0.417 e. The van der Waals surface area contributed by atoms with Crippen molar-refractivity contribution in [3.8, 4) is 17.1 Å². The number of hydrogen-bond acceptors (Lipinski definition) is 9. The van der Waals surface area contributed by atoms with E-state index in [0.717, 1.165) is 74.7 Å². The largest absolute Gasteiger partial charge is 0.461 e. The zero-order valence-corrected chi connectivity index (χ0v) is 26.3. The fourth-order valence-corrected chi connectivity index (χ4v) is 9.23. The number of nitrogens with zero attached hydrogens (tertiary/aromatic N) is 5. The van der Waals surface area contributed by atoms with Gasteiger partial charge in [-0.1, -0.05) is 25.2 Å². The molecular formula is C32H34F5N7OS. The first-order valence-corrected chi connectivity index (χ1v) is 16.5. The molecule has 3 unspecified atom stereocenters. The highest BCUT2D eigenvalue weighted by Gasteiger charge is 2.52. The standard InChI is InChI=1S/C32H34F5N7OS/c1-30(2)13-31(8-3-9-44(31)14-30)15-45-29-41-24-19(27(42-29)43-11-16-4-5-17(12-43)39-16)10-20(32(35,36)37)22(23(24)34)18-6-7-21(33)26-25(18)40-28(38)46-26/h6-7,10,16-17,39H,3-5,8-9,11-15H2,1-2H3,(H2,38,40). The maximum absolute atomic E-state index is 16.9. The van der Waals surface area contributed by atoms with Gasteiger partial charge in [0.15, 0.2) is 10.9 Å². The summed E-state index contributed by atoms with van der Waals surface area (Å²) in [6, 6.07) is 3.25. The summed E-state index contributed by atoms with van der Waals surface area (Å²) in [6.45, 7) is 7.67. The third-order valence-corrected chi connectivity index (χ3v) is 11.0. The van der Waals surface area contributed by atoms with E-state index in [2.05, 4.69) is 34.0 Å². The summed E-state index contributed by atoms with van der Waals surface area (Å²) in [5, 5.41) is 3.43. The number of nitrogens with two attached hydrogens (primary N) is 1. The summed E-state index contributed by atoms with van der Waals surface area (Å²) in [5.74, 6) is -1.69. The van der Waals surface area contributed by atoms with E-state index in [0.29, 0.717) is 19.7 Å². The number of rotatable bonds is 5. The highest BCUT2D eigenvalue weighted by molar-refractivity contribution is 7.22. The van der Waals surface area contributed by atoms with Crippen LogP contribution in [0.2, 0.25) is 0 Å². The molecule has 4 aromatic rings. The molecule has 0 amide bonds. The van der Waals surface area contributed by atoms with Gasteiger partial charge in [0, 0.05) is 48.2 Å². The number of nitrogen functional groups attached to an aromatic ring is 1. The number of halogens is 5. The van der Waals surface area contributed by atoms with Crippen LogP contribution in [0.1, 0.15) is 51.5 Å². The molecule has 6 heterocycles. The van der Waals surface area contributed by atoms with Crippen molar-refractivity contribution in [2.45, 2.75) is 69.8 Å². The monoisotopic (exact) mass is 659 g/mol. The average Bonchev–Trinajstić information content (AvgIpc) is 3.72. The van der Waals surface area contributed by atoms with Crippen LogP contribution in [-0.2, 0) is 6.18 Å². The number of ether oxygens (including phenoxy) is 1. The topological polar surface area (TPSA) is 92.4 Å². The smallest absolute Gasteiger partial charge is 0.417 e. The van der Waals surface area contributed by atoms with Crippen LogP contribution in [0.4, 0.5) is 32.9 Å². The summed E-state index contributed by atoms with van der Waals surface area (Å²) in [6.07, 6.45) is -0.175. The van der Waals surface area contributed by atoms with Crippen LogP contribution in [0.3, 0.4) is 0 Å². The summed E-state index contributed by atoms with van der Waals surface area (Å²) < 4.78 is 82.3. The molecule has 0 aliphatic carbocycles. The average molecular weight is 660 g/mol. The van der Waals surface area contributed by atoms with Crippen LogP contribution in [-0.4, -0.2) is 70.3 Å². The SMILES string of the molecule is CC1(C)CN2CCCC2(COc2nc(N3CC4CCC(C3)N4)c3cc(C(F)(F)F)c(-c4ccc(F)c5sc(N)nc45)c(F)c3n2)C1. The molecule has 3 N–H and O–H groups in total. The maximum atomic E-state index is 16.9. The van der Waals surface area contributed by atoms with Gasteiger partial charge in [0.1, 0.15) is 23.8 Å². The molecule has 14 heteroatoms. The first kappa shape index (κ1) is 30.0. The van der Waals surface area contributed by atoms with Crippen molar-refractivity contribution in [3.63, 3.8) is 0 Å². The Kier molecular flexibility index (Phi) is 6.73. The molecule has 3 atom stereocenters. The second kappa shape index (κ2) is 10.3. The Morgan fingerprint density at radius 3 is 2.59 bits per heavy atom. The van der Waals surface area contributed by atoms with E-state index in [1.54, 1.807) is 0 Å². The summed E-state index contributed by atoms with van der Waals surface area (Å²) >= 11 is 0.791. The molecule has 4 fully saturated rings. The van der Waals surface area contributed by atoms with E-state index in [1.165, 1.54) is 0 Å². The zero-order chi connectivity index (χ0) is 32.2. The number of fused-ring (bicyclic) bond motifs is 5. The van der Waals surface area contributed by atoms with Crippen LogP contribution < -0.4 is 20.7 Å². The molecule has 2 aromatic carbocycles. The molecule has 4 aliphatic rings. The van der Waals surface area contributed by atoms with Gasteiger partial charge in [-0.25, -0.2) is 13.8 Å². The third kappa shape index (κ3) is 4.86. The quantitative estimate of drug-likeness (QED) is 0.239. The van der Waals surface area contributed by atoms with Gasteiger partial charge in [-0.3, -0.25) is 4.90 Å². The van der Waals surface area contributed by atoms with Crippen molar-refractivity contribution in [3.05, 3.63) is 35.4 Å². The number of nitrogens with one attached hydrogen (secondary N) is 1. The number of aromatic nitrogens is 3. The highest BCUT2D eigenvalue weighted by atomic mass is 32.1. The Labute approximate surface area is 266 Å². The van der Waals surface area contributed by atoms with E-state index < -0.39 is 28.9 Å². The van der Waals surface area contributed by atoms with E-state index in [9.17, 15) is 17.6 Å². The minimum atomic E-state index is -4.96. The Morgan fingerprint density at radius 2 is 1.85 bits per heavy atom. The Hall–Kier alpha value is -3.36. The number of alkyl halides is 3. The number of piperazine rings is 1. The third-order valence-electron chi connectivity index (χ3n) is 10.1. The first-order chi connectivity index (χ1) is 21.8. The summed E-state index contributed by atoms with van der Waals surface area (Å²) in [5.41, 5.74) is 3.10. The van der Waals surface area contributed by atoms with Crippen LogP contribution in [0, 0.1) is 17.0 Å². The fraction of sp³-hybridized carbons (Fsp3) is 0.531. The van der Waals surface area contributed by atoms with Gasteiger partial charge in [-0.15, -0.1) is 0 Å². The number of anilines is 2. The van der Waals surface area contributed by atoms with Crippen molar-refractivity contribution >= 4 is 43.4 Å². The minimum Gasteiger partial charge on any atom is -0.461 e. The van der Waals surface area contributed by atoms with Crippen LogP contribution in [0.15, 0.2) is 18.2 Å². The van der Waals surface area contributed by atoms with E-state index >= 15 is 4.39 Å². The van der Waals surface area contributed by atoms with Gasteiger partial charge >= 0.3 is 12.2 Å². The zero-order valence-electron chi connectivity index (χ0n) is 25.5. The van der Waals surface area contributed by atoms with Crippen molar-refractivity contribution < 1.29 is 26.7 Å². The molecule has 2 bridgehead atoms. The molecule has 244 valence electrons. The van der Waals surface area contributed by atoms with Crippen molar-refractivity contribution in [2.24, 2.45) is 5.41 Å². The Bertz CT molecular complexity index is 1870. The predicted molar refractivity (Wildman–Crippen MR) is 167 cm³/mol. The highest BCUT2D eigenvalue weighted by Crippen LogP contribution is 2.49.